The van der Waals surface area contributed by atoms with E-state index in [0.717, 1.165) is 42.0 Å². The number of rotatable bonds is 3. The fourth-order valence-corrected chi connectivity index (χ4v) is 8.33. The molecule has 1 aromatic rings. The summed E-state index contributed by atoms with van der Waals surface area (Å²) in [4.78, 5) is 4.41. The van der Waals surface area contributed by atoms with E-state index in [-0.39, 0.29) is 12.2 Å². The van der Waals surface area contributed by atoms with Crippen LogP contribution >= 0.6 is 0 Å². The van der Waals surface area contributed by atoms with E-state index in [1.165, 1.54) is 38.5 Å². The lowest BCUT2D eigenvalue weighted by Crippen LogP contribution is -2.51. The molecule has 5 rings (SSSR count). The monoisotopic (exact) mass is 409 g/mol. The number of pyridine rings is 1. The lowest BCUT2D eigenvalue weighted by Gasteiger charge is -2.58. The van der Waals surface area contributed by atoms with Crippen LogP contribution in [0.2, 0.25) is 0 Å². The predicted molar refractivity (Wildman–Crippen MR) is 120 cm³/mol. The highest BCUT2D eigenvalue weighted by atomic mass is 16.5. The van der Waals surface area contributed by atoms with Gasteiger partial charge < -0.3 is 9.84 Å². The lowest BCUT2D eigenvalue weighted by atomic mass is 9.47. The van der Waals surface area contributed by atoms with Crippen LogP contribution in [0.5, 0.6) is 5.75 Å². The van der Waals surface area contributed by atoms with Crippen molar-refractivity contribution < 1.29 is 9.84 Å². The van der Waals surface area contributed by atoms with E-state index in [4.69, 9.17) is 4.74 Å². The molecular weight excluding hydrogens is 370 g/mol. The molecule has 30 heavy (non-hydrogen) atoms. The number of aliphatic hydroxyl groups is 1. The van der Waals surface area contributed by atoms with Gasteiger partial charge in [0.25, 0.3) is 0 Å². The van der Waals surface area contributed by atoms with Gasteiger partial charge in [-0.25, -0.2) is 0 Å². The van der Waals surface area contributed by atoms with Crippen molar-refractivity contribution in [2.75, 3.05) is 0 Å². The van der Waals surface area contributed by atoms with E-state index in [1.54, 1.807) is 5.57 Å². The summed E-state index contributed by atoms with van der Waals surface area (Å²) >= 11 is 0. The zero-order valence-electron chi connectivity index (χ0n) is 19.2. The summed E-state index contributed by atoms with van der Waals surface area (Å²) in [6.07, 6.45) is 14.1. The summed E-state index contributed by atoms with van der Waals surface area (Å²) in [7, 11) is 0. The molecule has 4 aliphatic carbocycles. The van der Waals surface area contributed by atoms with Crippen LogP contribution in [0, 0.1) is 41.4 Å². The Morgan fingerprint density at radius 1 is 1.13 bits per heavy atom. The second kappa shape index (κ2) is 7.36. The molecule has 1 unspecified atom stereocenters. The predicted octanol–water partition coefficient (Wildman–Crippen LogP) is 6.10. The van der Waals surface area contributed by atoms with E-state index >= 15 is 0 Å². The minimum absolute atomic E-state index is 0.112. The molecule has 3 heteroatoms. The van der Waals surface area contributed by atoms with Crippen molar-refractivity contribution in [3.63, 3.8) is 0 Å². The van der Waals surface area contributed by atoms with Crippen molar-refractivity contribution in [1.82, 2.24) is 4.98 Å². The molecule has 3 nitrogen and oxygen atoms in total. The Hall–Kier alpha value is -1.35. The first-order chi connectivity index (χ1) is 14.3. The van der Waals surface area contributed by atoms with Gasteiger partial charge in [-0.05, 0) is 106 Å². The first-order valence-electron chi connectivity index (χ1n) is 12.3. The smallest absolute Gasteiger partial charge is 0.140 e. The van der Waals surface area contributed by atoms with Crippen molar-refractivity contribution in [1.29, 1.82) is 0 Å². The molecule has 3 saturated carbocycles. The maximum Gasteiger partial charge on any atom is 0.140 e. The Balaban J connectivity index is 1.37. The highest BCUT2D eigenvalue weighted by Crippen LogP contribution is 2.66. The van der Waals surface area contributed by atoms with Crippen LogP contribution in [0.1, 0.15) is 77.8 Å². The van der Waals surface area contributed by atoms with Gasteiger partial charge in [0.2, 0.25) is 0 Å². The van der Waals surface area contributed by atoms with Gasteiger partial charge >= 0.3 is 0 Å². The quantitative estimate of drug-likeness (QED) is 0.614. The summed E-state index contributed by atoms with van der Waals surface area (Å²) in [5.41, 5.74) is 3.28. The minimum Gasteiger partial charge on any atom is -0.489 e. The van der Waals surface area contributed by atoms with Gasteiger partial charge in [0.15, 0.2) is 0 Å². The minimum atomic E-state index is -0.112. The number of hydrogen-bond acceptors (Lipinski definition) is 3. The highest BCUT2D eigenvalue weighted by Gasteiger charge is 2.59. The van der Waals surface area contributed by atoms with Crippen LogP contribution in [0.4, 0.5) is 0 Å². The third-order valence-electron chi connectivity index (χ3n) is 9.99. The van der Waals surface area contributed by atoms with Crippen LogP contribution < -0.4 is 4.74 Å². The van der Waals surface area contributed by atoms with Crippen molar-refractivity contribution >= 4 is 0 Å². The van der Waals surface area contributed by atoms with Crippen LogP contribution in [0.15, 0.2) is 30.0 Å². The van der Waals surface area contributed by atoms with Gasteiger partial charge in [-0.2, -0.15) is 0 Å². The Bertz CT molecular complexity index is 834. The standard InChI is InChI=1S/C27H39NO2/c1-17-25(6-5-15-28-17)30-18(2)22-9-10-23-21-8-7-19-16-20(29)11-13-26(19,3)24(21)12-14-27(22,23)4/h5-7,15,18,20-24,29H,8-14,16H2,1-4H3/t18?,20-,21-,22+,23-,24-,26-,27+/m0/s1. The summed E-state index contributed by atoms with van der Waals surface area (Å²) < 4.78 is 6.49. The van der Waals surface area contributed by atoms with Crippen LogP contribution in [-0.4, -0.2) is 22.3 Å². The first-order valence-corrected chi connectivity index (χ1v) is 12.3. The average molecular weight is 410 g/mol. The summed E-state index contributed by atoms with van der Waals surface area (Å²) in [5, 5.41) is 10.2. The van der Waals surface area contributed by atoms with Crippen LogP contribution in [-0.2, 0) is 0 Å². The Labute approximate surface area is 182 Å². The summed E-state index contributed by atoms with van der Waals surface area (Å²) in [6, 6.07) is 4.05. The maximum absolute atomic E-state index is 10.2. The Kier molecular flexibility index (Phi) is 5.04. The maximum atomic E-state index is 10.2. The zero-order chi connectivity index (χ0) is 21.1. The zero-order valence-corrected chi connectivity index (χ0v) is 19.2. The lowest BCUT2D eigenvalue weighted by molar-refractivity contribution is -0.0644. The second-order valence-corrected chi connectivity index (χ2v) is 11.3. The van der Waals surface area contributed by atoms with Crippen molar-refractivity contribution in [2.45, 2.75) is 91.3 Å². The normalized spacial score (nSPS) is 43.8. The van der Waals surface area contributed by atoms with Crippen molar-refractivity contribution in [2.24, 2.45) is 34.5 Å². The Morgan fingerprint density at radius 3 is 2.77 bits per heavy atom. The first kappa shape index (κ1) is 20.5. The fourth-order valence-electron chi connectivity index (χ4n) is 8.33. The average Bonchev–Trinajstić information content (AvgIpc) is 3.07. The van der Waals surface area contributed by atoms with Gasteiger partial charge in [0, 0.05) is 12.1 Å². The van der Waals surface area contributed by atoms with Crippen LogP contribution in [0.25, 0.3) is 0 Å². The molecule has 1 N–H and O–H groups in total. The molecule has 0 amide bonds. The number of nitrogens with zero attached hydrogens (tertiary/aromatic N) is 1. The van der Waals surface area contributed by atoms with E-state index in [0.29, 0.717) is 16.7 Å². The number of ether oxygens (including phenoxy) is 1. The number of hydrogen-bond donors (Lipinski definition) is 1. The van der Waals surface area contributed by atoms with Crippen molar-refractivity contribution in [3.8, 4) is 5.75 Å². The molecule has 1 heterocycles. The third kappa shape index (κ3) is 3.06. The number of fused-ring (bicyclic) bond motifs is 5. The molecule has 164 valence electrons. The molecule has 0 bridgehead atoms. The van der Waals surface area contributed by atoms with Gasteiger partial charge in [-0.15, -0.1) is 0 Å². The molecule has 8 atom stereocenters. The summed E-state index contributed by atoms with van der Waals surface area (Å²) in [6.45, 7) is 9.43. The highest BCUT2D eigenvalue weighted by molar-refractivity contribution is 5.27. The van der Waals surface area contributed by atoms with Gasteiger partial charge in [0.1, 0.15) is 5.75 Å². The van der Waals surface area contributed by atoms with Gasteiger partial charge in [-0.3, -0.25) is 4.98 Å². The molecule has 1 aromatic heterocycles. The van der Waals surface area contributed by atoms with E-state index in [9.17, 15) is 5.11 Å². The van der Waals surface area contributed by atoms with E-state index in [2.05, 4.69) is 37.9 Å². The second-order valence-electron chi connectivity index (χ2n) is 11.3. The number of aryl methyl sites for hydroxylation is 1. The van der Waals surface area contributed by atoms with E-state index in [1.807, 2.05) is 19.2 Å². The van der Waals surface area contributed by atoms with E-state index < -0.39 is 0 Å². The summed E-state index contributed by atoms with van der Waals surface area (Å²) in [5.74, 6) is 3.99. The van der Waals surface area contributed by atoms with Gasteiger partial charge in [-0.1, -0.05) is 25.5 Å². The number of aromatic nitrogens is 1. The molecule has 0 saturated heterocycles. The topological polar surface area (TPSA) is 42.4 Å². The SMILES string of the molecule is Cc1ncccc1OC(C)[C@H]1CC[C@H]2[C@@H]3CC=C4C[C@@H](O)CC[C@]4(C)[C@H]3CC[C@]12C. The van der Waals surface area contributed by atoms with Crippen molar-refractivity contribution in [3.05, 3.63) is 35.7 Å². The van der Waals surface area contributed by atoms with Crippen LogP contribution in [0.3, 0.4) is 0 Å². The molecule has 0 aliphatic heterocycles. The number of aliphatic hydroxyl groups excluding tert-OH is 1. The molecule has 3 fully saturated rings. The molecule has 0 radical (unpaired) electrons. The molecule has 0 aromatic carbocycles. The molecule has 4 aliphatic rings. The Morgan fingerprint density at radius 2 is 1.97 bits per heavy atom. The fraction of sp³-hybridized carbons (Fsp3) is 0.741. The third-order valence-corrected chi connectivity index (χ3v) is 9.99. The molecule has 0 spiro atoms. The number of allylic oxidation sites excluding steroid dienone is 1. The van der Waals surface area contributed by atoms with Gasteiger partial charge in [0.05, 0.1) is 17.9 Å². The largest absolute Gasteiger partial charge is 0.489 e. The molecular formula is C27H39NO2.